The van der Waals surface area contributed by atoms with Crippen LogP contribution in [0.1, 0.15) is 91.9 Å². The SMILES string of the molecule is C=C(C)C(=O)OC(CCCCC/C=C\C/C=C\C/C=C\CC)C(CCC)(OCC(C)O)C(N)=O. The third-order valence-corrected chi connectivity index (χ3v) is 5.36. The Kier molecular flexibility index (Phi) is 17.9. The van der Waals surface area contributed by atoms with Crippen molar-refractivity contribution in [1.82, 2.24) is 0 Å². The number of aliphatic hydroxyl groups excluding tert-OH is 1. The first kappa shape index (κ1) is 31.8. The number of primary amides is 1. The van der Waals surface area contributed by atoms with Crippen molar-refractivity contribution in [2.24, 2.45) is 5.73 Å². The Balaban J connectivity index is 4.91. The number of aliphatic hydroxyl groups is 1. The molecule has 0 aromatic carbocycles. The predicted octanol–water partition coefficient (Wildman–Crippen LogP) is 5.71. The highest BCUT2D eigenvalue weighted by Gasteiger charge is 2.47. The maximum Gasteiger partial charge on any atom is 0.333 e. The van der Waals surface area contributed by atoms with E-state index in [0.717, 1.165) is 44.9 Å². The molecule has 3 unspecified atom stereocenters. The minimum absolute atomic E-state index is 0.0712. The molecule has 0 aromatic heterocycles. The summed E-state index contributed by atoms with van der Waals surface area (Å²) in [7, 11) is 0. The van der Waals surface area contributed by atoms with Crippen molar-refractivity contribution in [3.05, 3.63) is 48.6 Å². The number of amides is 1. The minimum Gasteiger partial charge on any atom is -0.455 e. The summed E-state index contributed by atoms with van der Waals surface area (Å²) in [6.45, 7) is 10.7. The van der Waals surface area contributed by atoms with Crippen molar-refractivity contribution in [3.63, 3.8) is 0 Å². The Hall–Kier alpha value is -2.18. The normalized spacial score (nSPS) is 15.6. The van der Waals surface area contributed by atoms with Gasteiger partial charge in [-0.1, -0.05) is 69.7 Å². The second kappa shape index (κ2) is 19.2. The molecular weight excluding hydrogens is 430 g/mol. The zero-order valence-electron chi connectivity index (χ0n) is 21.8. The van der Waals surface area contributed by atoms with Gasteiger partial charge in [0, 0.05) is 5.57 Å². The van der Waals surface area contributed by atoms with E-state index >= 15 is 0 Å². The van der Waals surface area contributed by atoms with Gasteiger partial charge in [0.1, 0.15) is 6.10 Å². The molecule has 0 saturated heterocycles. The summed E-state index contributed by atoms with van der Waals surface area (Å²) < 4.78 is 11.5. The molecule has 3 atom stereocenters. The first-order chi connectivity index (χ1) is 16.2. The molecule has 0 radical (unpaired) electrons. The Labute approximate surface area is 207 Å². The van der Waals surface area contributed by atoms with E-state index in [2.05, 4.69) is 50.0 Å². The summed E-state index contributed by atoms with van der Waals surface area (Å²) in [6, 6.07) is 0. The van der Waals surface area contributed by atoms with Crippen LogP contribution in [-0.4, -0.2) is 41.4 Å². The Bertz CT molecular complexity index is 680. The molecule has 0 spiro atoms. The highest BCUT2D eigenvalue weighted by molar-refractivity contribution is 5.89. The van der Waals surface area contributed by atoms with E-state index in [0.29, 0.717) is 19.3 Å². The van der Waals surface area contributed by atoms with Crippen LogP contribution in [0.25, 0.3) is 0 Å². The van der Waals surface area contributed by atoms with Crippen molar-refractivity contribution in [2.75, 3.05) is 6.61 Å². The molecule has 0 bridgehead atoms. The molecule has 0 aliphatic carbocycles. The summed E-state index contributed by atoms with van der Waals surface area (Å²) in [5.41, 5.74) is 4.53. The Morgan fingerprint density at radius 1 is 1.03 bits per heavy atom. The van der Waals surface area contributed by atoms with Gasteiger partial charge in [0.05, 0.1) is 12.7 Å². The number of esters is 1. The van der Waals surface area contributed by atoms with Crippen LogP contribution in [0, 0.1) is 0 Å². The van der Waals surface area contributed by atoms with Crippen LogP contribution in [-0.2, 0) is 19.1 Å². The average molecular weight is 478 g/mol. The lowest BCUT2D eigenvalue weighted by atomic mass is 9.86. The lowest BCUT2D eigenvalue weighted by Crippen LogP contribution is -2.57. The lowest BCUT2D eigenvalue weighted by molar-refractivity contribution is -0.185. The highest BCUT2D eigenvalue weighted by Crippen LogP contribution is 2.30. The van der Waals surface area contributed by atoms with Gasteiger partial charge in [-0.15, -0.1) is 0 Å². The van der Waals surface area contributed by atoms with Gasteiger partial charge < -0.3 is 20.3 Å². The first-order valence-corrected chi connectivity index (χ1v) is 12.6. The number of carbonyl (C=O) groups is 2. The maximum absolute atomic E-state index is 12.5. The average Bonchev–Trinajstić information content (AvgIpc) is 2.78. The summed E-state index contributed by atoms with van der Waals surface area (Å²) in [4.78, 5) is 24.8. The van der Waals surface area contributed by atoms with E-state index in [-0.39, 0.29) is 12.2 Å². The van der Waals surface area contributed by atoms with Crippen molar-refractivity contribution in [1.29, 1.82) is 0 Å². The largest absolute Gasteiger partial charge is 0.455 e. The van der Waals surface area contributed by atoms with Crippen LogP contribution in [0.5, 0.6) is 0 Å². The van der Waals surface area contributed by atoms with Gasteiger partial charge in [0.15, 0.2) is 5.60 Å². The van der Waals surface area contributed by atoms with Crippen LogP contribution in [0.2, 0.25) is 0 Å². The molecule has 0 fully saturated rings. The van der Waals surface area contributed by atoms with Crippen LogP contribution in [0.15, 0.2) is 48.6 Å². The number of ether oxygens (including phenoxy) is 2. The van der Waals surface area contributed by atoms with Crippen molar-refractivity contribution in [3.8, 4) is 0 Å². The van der Waals surface area contributed by atoms with E-state index in [9.17, 15) is 14.7 Å². The molecule has 0 aromatic rings. The molecule has 0 saturated carbocycles. The van der Waals surface area contributed by atoms with E-state index in [1.54, 1.807) is 13.8 Å². The number of carbonyl (C=O) groups excluding carboxylic acids is 2. The van der Waals surface area contributed by atoms with E-state index in [1.165, 1.54) is 0 Å². The second-order valence-corrected chi connectivity index (χ2v) is 8.77. The second-order valence-electron chi connectivity index (χ2n) is 8.77. The van der Waals surface area contributed by atoms with Crippen LogP contribution < -0.4 is 5.73 Å². The lowest BCUT2D eigenvalue weighted by Gasteiger charge is -2.38. The quantitative estimate of drug-likeness (QED) is 0.101. The number of rotatable bonds is 20. The number of nitrogens with two attached hydrogens (primary N) is 1. The Morgan fingerprint density at radius 3 is 2.18 bits per heavy atom. The summed E-state index contributed by atoms with van der Waals surface area (Å²) in [5, 5.41) is 9.70. The van der Waals surface area contributed by atoms with Gasteiger partial charge in [-0.05, 0) is 65.2 Å². The minimum atomic E-state index is -1.48. The topological polar surface area (TPSA) is 98.8 Å². The predicted molar refractivity (Wildman–Crippen MR) is 139 cm³/mol. The molecule has 0 heterocycles. The molecule has 1 amide bonds. The monoisotopic (exact) mass is 477 g/mol. The molecule has 6 heteroatoms. The zero-order valence-corrected chi connectivity index (χ0v) is 21.8. The molecule has 6 nitrogen and oxygen atoms in total. The molecule has 194 valence electrons. The molecule has 34 heavy (non-hydrogen) atoms. The third-order valence-electron chi connectivity index (χ3n) is 5.36. The molecular formula is C28H47NO5. The highest BCUT2D eigenvalue weighted by atomic mass is 16.6. The summed E-state index contributed by atoms with van der Waals surface area (Å²) >= 11 is 0. The molecule has 0 aliphatic rings. The number of hydrogen-bond acceptors (Lipinski definition) is 5. The maximum atomic E-state index is 12.5. The fourth-order valence-corrected chi connectivity index (χ4v) is 3.53. The number of hydrogen-bond donors (Lipinski definition) is 2. The van der Waals surface area contributed by atoms with Gasteiger partial charge in [-0.2, -0.15) is 0 Å². The van der Waals surface area contributed by atoms with Gasteiger partial charge in [0.25, 0.3) is 5.91 Å². The molecule has 3 N–H and O–H groups in total. The van der Waals surface area contributed by atoms with E-state index in [1.807, 2.05) is 6.92 Å². The van der Waals surface area contributed by atoms with Crippen LogP contribution >= 0.6 is 0 Å². The zero-order chi connectivity index (χ0) is 25.8. The fourth-order valence-electron chi connectivity index (χ4n) is 3.53. The number of unbranched alkanes of at least 4 members (excludes halogenated alkanes) is 3. The molecule has 0 rings (SSSR count). The summed E-state index contributed by atoms with van der Waals surface area (Å²) in [5.74, 6) is -1.26. The molecule has 0 aliphatic heterocycles. The van der Waals surface area contributed by atoms with Crippen LogP contribution in [0.4, 0.5) is 0 Å². The van der Waals surface area contributed by atoms with Crippen molar-refractivity contribution >= 4 is 11.9 Å². The smallest absolute Gasteiger partial charge is 0.333 e. The van der Waals surface area contributed by atoms with Gasteiger partial charge in [0.2, 0.25) is 0 Å². The van der Waals surface area contributed by atoms with Gasteiger partial charge >= 0.3 is 5.97 Å². The van der Waals surface area contributed by atoms with Crippen molar-refractivity contribution < 1.29 is 24.2 Å². The van der Waals surface area contributed by atoms with Gasteiger partial charge in [-0.25, -0.2) is 4.79 Å². The van der Waals surface area contributed by atoms with E-state index in [4.69, 9.17) is 15.2 Å². The first-order valence-electron chi connectivity index (χ1n) is 12.6. The number of allylic oxidation sites excluding steroid dienone is 6. The standard InChI is InChI=1S/C28H47NO5/c1-6-8-9-10-11-12-13-14-15-16-17-18-19-20-25(34-26(31)23(3)4)28(21-7-2,27(29)32)33-22-24(5)30/h8-9,11-12,14-15,24-25,30H,3,6-7,10,13,16-22H2,1-2,4-5H3,(H2,29,32)/b9-8-,12-11-,15-14-. The van der Waals surface area contributed by atoms with E-state index < -0.39 is 29.7 Å². The fraction of sp³-hybridized carbons (Fsp3) is 0.643. The van der Waals surface area contributed by atoms with Gasteiger partial charge in [-0.3, -0.25) is 4.79 Å². The van der Waals surface area contributed by atoms with Crippen LogP contribution in [0.3, 0.4) is 0 Å². The summed E-state index contributed by atoms with van der Waals surface area (Å²) in [6.07, 6.45) is 19.4. The Morgan fingerprint density at radius 2 is 1.65 bits per heavy atom. The van der Waals surface area contributed by atoms with Crippen molar-refractivity contribution in [2.45, 2.75) is 110 Å². The third kappa shape index (κ3) is 13.5.